The molecular weight excluding hydrogens is 384 g/mol. The number of amides is 1. The molecule has 0 unspecified atom stereocenters. The molecule has 2 aromatic heterocycles. The zero-order valence-electron chi connectivity index (χ0n) is 17.0. The molecule has 1 aliphatic rings. The van der Waals surface area contributed by atoms with Crippen LogP contribution in [-0.2, 0) is 4.79 Å². The van der Waals surface area contributed by atoms with Gasteiger partial charge in [0.05, 0.1) is 14.2 Å². The van der Waals surface area contributed by atoms with Gasteiger partial charge in [-0.1, -0.05) is 0 Å². The first-order chi connectivity index (χ1) is 14.7. The summed E-state index contributed by atoms with van der Waals surface area (Å²) >= 11 is 0. The highest BCUT2D eigenvalue weighted by Crippen LogP contribution is 2.30. The number of aromatic nitrogens is 4. The van der Waals surface area contributed by atoms with E-state index in [2.05, 4.69) is 25.2 Å². The fourth-order valence-corrected chi connectivity index (χ4v) is 3.58. The van der Waals surface area contributed by atoms with Gasteiger partial charge in [0.2, 0.25) is 5.91 Å². The molecule has 1 fully saturated rings. The van der Waals surface area contributed by atoms with Crippen molar-refractivity contribution in [3.8, 4) is 17.3 Å². The van der Waals surface area contributed by atoms with Crippen molar-refractivity contribution < 1.29 is 14.3 Å². The minimum Gasteiger partial charge on any atom is -0.493 e. The predicted octanol–water partition coefficient (Wildman–Crippen LogP) is 2.53. The Balaban J connectivity index is 1.36. The number of rotatable bonds is 6. The second kappa shape index (κ2) is 8.81. The maximum absolute atomic E-state index is 12.7. The Hall–Kier alpha value is -3.62. The zero-order valence-corrected chi connectivity index (χ0v) is 17.0. The highest BCUT2D eigenvalue weighted by Gasteiger charge is 2.26. The van der Waals surface area contributed by atoms with E-state index in [1.54, 1.807) is 45.2 Å². The quantitative estimate of drug-likeness (QED) is 0.670. The van der Waals surface area contributed by atoms with Crippen molar-refractivity contribution in [2.45, 2.75) is 12.8 Å². The van der Waals surface area contributed by atoms with E-state index in [1.807, 2.05) is 22.9 Å². The minimum atomic E-state index is -0.0516. The van der Waals surface area contributed by atoms with Crippen molar-refractivity contribution in [1.29, 1.82) is 0 Å². The number of nitrogens with one attached hydrogen (secondary N) is 1. The van der Waals surface area contributed by atoms with Crippen molar-refractivity contribution >= 4 is 17.4 Å². The molecule has 0 radical (unpaired) electrons. The van der Waals surface area contributed by atoms with Crippen LogP contribution in [0.15, 0.2) is 49.3 Å². The third-order valence-corrected chi connectivity index (χ3v) is 5.25. The van der Waals surface area contributed by atoms with Crippen molar-refractivity contribution in [3.63, 3.8) is 0 Å². The highest BCUT2D eigenvalue weighted by atomic mass is 16.5. The van der Waals surface area contributed by atoms with Gasteiger partial charge in [0, 0.05) is 49.2 Å². The molecule has 4 rings (SSSR count). The lowest BCUT2D eigenvalue weighted by Crippen LogP contribution is -2.38. The topological polar surface area (TPSA) is 94.4 Å². The van der Waals surface area contributed by atoms with E-state index in [1.165, 1.54) is 0 Å². The Bertz CT molecular complexity index is 1000. The van der Waals surface area contributed by atoms with Gasteiger partial charge in [-0.3, -0.25) is 9.36 Å². The number of nitrogens with zero attached hydrogens (tertiary/aromatic N) is 5. The van der Waals surface area contributed by atoms with Gasteiger partial charge in [-0.2, -0.15) is 0 Å². The summed E-state index contributed by atoms with van der Waals surface area (Å²) in [6, 6.07) is 7.30. The van der Waals surface area contributed by atoms with Gasteiger partial charge >= 0.3 is 0 Å². The molecule has 0 saturated carbocycles. The summed E-state index contributed by atoms with van der Waals surface area (Å²) in [5.41, 5.74) is 0.695. The molecule has 1 saturated heterocycles. The summed E-state index contributed by atoms with van der Waals surface area (Å²) in [6.45, 7) is 1.51. The van der Waals surface area contributed by atoms with Crippen LogP contribution in [0, 0.1) is 5.92 Å². The van der Waals surface area contributed by atoms with Crippen molar-refractivity contribution in [3.05, 3.63) is 49.3 Å². The molecule has 3 aromatic rings. The Morgan fingerprint density at radius 3 is 2.53 bits per heavy atom. The zero-order chi connectivity index (χ0) is 20.9. The predicted molar refractivity (Wildman–Crippen MR) is 112 cm³/mol. The molecule has 1 aliphatic heterocycles. The number of carbonyl (C=O) groups is 1. The smallest absolute Gasteiger partial charge is 0.227 e. The van der Waals surface area contributed by atoms with E-state index in [-0.39, 0.29) is 11.8 Å². The lowest BCUT2D eigenvalue weighted by atomic mass is 9.95. The van der Waals surface area contributed by atoms with Crippen LogP contribution in [0.2, 0.25) is 0 Å². The molecule has 9 nitrogen and oxygen atoms in total. The van der Waals surface area contributed by atoms with Gasteiger partial charge in [-0.05, 0) is 25.0 Å². The van der Waals surface area contributed by atoms with Gasteiger partial charge in [-0.25, -0.2) is 15.0 Å². The molecule has 0 spiro atoms. The molecule has 0 bridgehead atoms. The van der Waals surface area contributed by atoms with Crippen LogP contribution in [0.3, 0.4) is 0 Å². The van der Waals surface area contributed by atoms with Crippen molar-refractivity contribution in [2.24, 2.45) is 5.92 Å². The number of imidazole rings is 1. The highest BCUT2D eigenvalue weighted by molar-refractivity contribution is 5.93. The summed E-state index contributed by atoms with van der Waals surface area (Å²) in [5, 5.41) is 2.99. The Morgan fingerprint density at radius 1 is 1.07 bits per heavy atom. The molecule has 1 amide bonds. The number of anilines is 2. The fraction of sp³-hybridized carbons (Fsp3) is 0.333. The van der Waals surface area contributed by atoms with Crippen LogP contribution in [0.1, 0.15) is 12.8 Å². The monoisotopic (exact) mass is 408 g/mol. The first kappa shape index (κ1) is 19.7. The third-order valence-electron chi connectivity index (χ3n) is 5.25. The molecular formula is C21H24N6O3. The number of hydrogen-bond donors (Lipinski definition) is 1. The van der Waals surface area contributed by atoms with Gasteiger partial charge in [0.1, 0.15) is 24.3 Å². The van der Waals surface area contributed by atoms with Crippen LogP contribution in [0.25, 0.3) is 5.82 Å². The molecule has 1 aromatic carbocycles. The average Bonchev–Trinajstić information content (AvgIpc) is 3.34. The number of methoxy groups -OCH3 is 2. The van der Waals surface area contributed by atoms with Gasteiger partial charge in [0.25, 0.3) is 0 Å². The molecule has 9 heteroatoms. The summed E-state index contributed by atoms with van der Waals surface area (Å²) < 4.78 is 12.4. The molecule has 30 heavy (non-hydrogen) atoms. The fourth-order valence-electron chi connectivity index (χ4n) is 3.58. The molecule has 0 atom stereocenters. The summed E-state index contributed by atoms with van der Waals surface area (Å²) in [6.07, 6.45) is 8.32. The summed E-state index contributed by atoms with van der Waals surface area (Å²) in [7, 11) is 3.16. The third kappa shape index (κ3) is 4.19. The van der Waals surface area contributed by atoms with Gasteiger partial charge < -0.3 is 19.7 Å². The summed E-state index contributed by atoms with van der Waals surface area (Å²) in [5.74, 6) is 2.80. The first-order valence-corrected chi connectivity index (χ1v) is 9.76. The van der Waals surface area contributed by atoms with Crippen molar-refractivity contribution in [2.75, 3.05) is 37.5 Å². The van der Waals surface area contributed by atoms with Crippen LogP contribution in [0.5, 0.6) is 11.5 Å². The Labute approximate surface area is 174 Å². The molecule has 3 heterocycles. The molecule has 1 N–H and O–H groups in total. The number of ether oxygens (including phenoxy) is 2. The van der Waals surface area contributed by atoms with Crippen LogP contribution in [0.4, 0.5) is 11.5 Å². The van der Waals surface area contributed by atoms with E-state index < -0.39 is 0 Å². The largest absolute Gasteiger partial charge is 0.493 e. The normalized spacial score (nSPS) is 14.4. The van der Waals surface area contributed by atoms with Crippen LogP contribution in [-0.4, -0.2) is 52.7 Å². The van der Waals surface area contributed by atoms with E-state index in [4.69, 9.17) is 9.47 Å². The lowest BCUT2D eigenvalue weighted by molar-refractivity contribution is -0.120. The number of piperidine rings is 1. The Morgan fingerprint density at radius 2 is 1.83 bits per heavy atom. The average molecular weight is 408 g/mol. The first-order valence-electron chi connectivity index (χ1n) is 9.76. The van der Waals surface area contributed by atoms with Crippen LogP contribution >= 0.6 is 0 Å². The Kier molecular flexibility index (Phi) is 5.78. The standard InChI is InChI=1S/C21H24N6O3/c1-29-17-4-3-16(11-18(17)30-2)25-21(28)15-5-8-26(9-6-15)19-12-20(24-13-23-19)27-10-7-22-14-27/h3-4,7,10-15H,5-6,8-9H2,1-2H3,(H,25,28). The van der Waals surface area contributed by atoms with Crippen molar-refractivity contribution in [1.82, 2.24) is 19.5 Å². The van der Waals surface area contributed by atoms with Gasteiger partial charge in [-0.15, -0.1) is 0 Å². The minimum absolute atomic E-state index is 0.0173. The van der Waals surface area contributed by atoms with E-state index in [9.17, 15) is 4.79 Å². The van der Waals surface area contributed by atoms with E-state index in [0.29, 0.717) is 17.2 Å². The number of hydrogen-bond acceptors (Lipinski definition) is 7. The SMILES string of the molecule is COc1ccc(NC(=O)C2CCN(c3cc(-n4ccnc4)ncn3)CC2)cc1OC. The molecule has 156 valence electrons. The second-order valence-corrected chi connectivity index (χ2v) is 7.02. The van der Waals surface area contributed by atoms with E-state index >= 15 is 0 Å². The number of benzene rings is 1. The number of carbonyl (C=O) groups excluding carboxylic acids is 1. The van der Waals surface area contributed by atoms with E-state index in [0.717, 1.165) is 37.6 Å². The molecule has 0 aliphatic carbocycles. The maximum atomic E-state index is 12.7. The van der Waals surface area contributed by atoms with Crippen LogP contribution < -0.4 is 19.7 Å². The van der Waals surface area contributed by atoms with Gasteiger partial charge in [0.15, 0.2) is 11.5 Å². The lowest BCUT2D eigenvalue weighted by Gasteiger charge is -2.32. The second-order valence-electron chi connectivity index (χ2n) is 7.02. The summed E-state index contributed by atoms with van der Waals surface area (Å²) in [4.78, 5) is 27.7. The maximum Gasteiger partial charge on any atom is 0.227 e.